The smallest absolute Gasteiger partial charge is 0.276 e. The number of aliphatic imine (C=N–C) groups is 1. The summed E-state index contributed by atoms with van der Waals surface area (Å²) in [4.78, 5) is 25.8. The molecular formula is C8H9NO4. The van der Waals surface area contributed by atoms with Gasteiger partial charge in [-0.1, -0.05) is 0 Å². The van der Waals surface area contributed by atoms with E-state index in [1.807, 2.05) is 0 Å². The van der Waals surface area contributed by atoms with Crippen LogP contribution in [0.25, 0.3) is 0 Å². The van der Waals surface area contributed by atoms with E-state index in [1.165, 1.54) is 6.92 Å². The highest BCUT2D eigenvalue weighted by Crippen LogP contribution is 2.13. The molecule has 1 aliphatic rings. The minimum absolute atomic E-state index is 0.0475. The standard InChI is InChI=1S/C8H9NO4/c1-4-7(12)5(2-10)6(3-11)8(13)9-4/h10-11H,2-3H2,1H3. The van der Waals surface area contributed by atoms with Crippen molar-refractivity contribution in [1.82, 2.24) is 0 Å². The maximum absolute atomic E-state index is 11.3. The third-order valence-electron chi connectivity index (χ3n) is 1.81. The second kappa shape index (κ2) is 3.59. The van der Waals surface area contributed by atoms with E-state index >= 15 is 0 Å². The van der Waals surface area contributed by atoms with Gasteiger partial charge in [-0.15, -0.1) is 0 Å². The summed E-state index contributed by atoms with van der Waals surface area (Å²) in [7, 11) is 0. The molecule has 1 rings (SSSR count). The number of hydrogen-bond acceptors (Lipinski definition) is 4. The molecule has 0 bridgehead atoms. The second-order valence-electron chi connectivity index (χ2n) is 2.60. The minimum Gasteiger partial charge on any atom is -0.392 e. The molecule has 1 amide bonds. The Morgan fingerprint density at radius 3 is 2.15 bits per heavy atom. The lowest BCUT2D eigenvalue weighted by Gasteiger charge is -2.12. The second-order valence-corrected chi connectivity index (χ2v) is 2.60. The van der Waals surface area contributed by atoms with E-state index in [-0.39, 0.29) is 16.9 Å². The van der Waals surface area contributed by atoms with Crippen molar-refractivity contribution in [1.29, 1.82) is 0 Å². The molecule has 0 saturated heterocycles. The number of nitrogens with zero attached hydrogens (tertiary/aromatic N) is 1. The average molecular weight is 183 g/mol. The van der Waals surface area contributed by atoms with Crippen molar-refractivity contribution in [2.24, 2.45) is 4.99 Å². The van der Waals surface area contributed by atoms with Gasteiger partial charge >= 0.3 is 0 Å². The number of carbonyl (C=O) groups excluding carboxylic acids is 2. The molecule has 0 atom stereocenters. The SMILES string of the molecule is CC1=NC(=O)C(CO)=C(CO)C1=O. The summed E-state index contributed by atoms with van der Waals surface area (Å²) in [5.41, 5.74) is -0.121. The van der Waals surface area contributed by atoms with Crippen LogP contribution >= 0.6 is 0 Å². The largest absolute Gasteiger partial charge is 0.392 e. The number of rotatable bonds is 2. The van der Waals surface area contributed by atoms with E-state index in [9.17, 15) is 9.59 Å². The lowest BCUT2D eigenvalue weighted by atomic mass is 9.99. The number of carbonyl (C=O) groups is 2. The summed E-state index contributed by atoms with van der Waals surface area (Å²) in [5.74, 6) is -1.13. The molecule has 2 N–H and O–H groups in total. The molecule has 0 radical (unpaired) electrons. The van der Waals surface area contributed by atoms with Crippen molar-refractivity contribution in [2.75, 3.05) is 13.2 Å². The molecule has 0 aliphatic carbocycles. The first-order valence-corrected chi connectivity index (χ1v) is 3.70. The zero-order valence-corrected chi connectivity index (χ0v) is 7.07. The molecule has 0 aromatic carbocycles. The normalized spacial score (nSPS) is 17.9. The lowest BCUT2D eigenvalue weighted by Crippen LogP contribution is -2.27. The van der Waals surface area contributed by atoms with E-state index in [0.717, 1.165) is 0 Å². The van der Waals surface area contributed by atoms with Crippen LogP contribution in [0.4, 0.5) is 0 Å². The van der Waals surface area contributed by atoms with Crippen LogP contribution in [0.1, 0.15) is 6.92 Å². The predicted molar refractivity (Wildman–Crippen MR) is 44.3 cm³/mol. The maximum atomic E-state index is 11.3. The first-order chi connectivity index (χ1) is 6.11. The van der Waals surface area contributed by atoms with Crippen LogP contribution in [0.2, 0.25) is 0 Å². The van der Waals surface area contributed by atoms with Gasteiger partial charge in [0.1, 0.15) is 0 Å². The molecule has 5 heteroatoms. The third kappa shape index (κ3) is 1.56. The molecule has 0 unspecified atom stereocenters. The van der Waals surface area contributed by atoms with Crippen molar-refractivity contribution >= 4 is 17.4 Å². The van der Waals surface area contributed by atoms with Crippen LogP contribution < -0.4 is 0 Å². The summed E-state index contributed by atoms with van der Waals surface area (Å²) in [5, 5.41) is 17.6. The number of amides is 1. The summed E-state index contributed by atoms with van der Waals surface area (Å²) < 4.78 is 0. The maximum Gasteiger partial charge on any atom is 0.276 e. The molecule has 1 aliphatic heterocycles. The van der Waals surface area contributed by atoms with Gasteiger partial charge in [-0.2, -0.15) is 0 Å². The highest BCUT2D eigenvalue weighted by atomic mass is 16.3. The fraction of sp³-hybridized carbons (Fsp3) is 0.375. The molecule has 70 valence electrons. The molecular weight excluding hydrogens is 174 g/mol. The number of hydrogen-bond donors (Lipinski definition) is 2. The molecule has 0 aromatic rings. The zero-order chi connectivity index (χ0) is 10.0. The fourth-order valence-electron chi connectivity index (χ4n) is 1.09. The summed E-state index contributed by atoms with van der Waals surface area (Å²) in [6.45, 7) is 0.272. The van der Waals surface area contributed by atoms with Gasteiger partial charge < -0.3 is 10.2 Å². The van der Waals surface area contributed by atoms with Crippen molar-refractivity contribution in [3.63, 3.8) is 0 Å². The summed E-state index contributed by atoms with van der Waals surface area (Å²) in [6.07, 6.45) is 0. The topological polar surface area (TPSA) is 87.0 Å². The monoisotopic (exact) mass is 183 g/mol. The fourth-order valence-corrected chi connectivity index (χ4v) is 1.09. The lowest BCUT2D eigenvalue weighted by molar-refractivity contribution is -0.117. The van der Waals surface area contributed by atoms with Crippen LogP contribution in [-0.4, -0.2) is 40.8 Å². The Labute approximate surface area is 74.4 Å². The van der Waals surface area contributed by atoms with Crippen LogP contribution in [0.15, 0.2) is 16.1 Å². The quantitative estimate of drug-likeness (QED) is 0.565. The number of Topliss-reactive ketones (excluding diaryl/α,β-unsaturated/α-hetero) is 1. The van der Waals surface area contributed by atoms with Crippen molar-refractivity contribution < 1.29 is 19.8 Å². The zero-order valence-electron chi connectivity index (χ0n) is 7.07. The minimum atomic E-state index is -0.649. The Morgan fingerprint density at radius 2 is 1.69 bits per heavy atom. The van der Waals surface area contributed by atoms with E-state index in [1.54, 1.807) is 0 Å². The Balaban J connectivity index is 3.19. The number of aliphatic hydroxyl groups is 2. The first kappa shape index (κ1) is 9.76. The van der Waals surface area contributed by atoms with E-state index < -0.39 is 24.9 Å². The Kier molecular flexibility index (Phi) is 2.69. The molecule has 0 saturated carbocycles. The summed E-state index contributed by atoms with van der Waals surface area (Å²) in [6, 6.07) is 0. The highest BCUT2D eigenvalue weighted by molar-refractivity contribution is 6.49. The first-order valence-electron chi connectivity index (χ1n) is 3.70. The predicted octanol–water partition coefficient (Wildman–Crippen LogP) is -1.16. The van der Waals surface area contributed by atoms with Crippen LogP contribution in [-0.2, 0) is 9.59 Å². The van der Waals surface area contributed by atoms with E-state index in [2.05, 4.69) is 4.99 Å². The van der Waals surface area contributed by atoms with Crippen LogP contribution in [0, 0.1) is 0 Å². The number of ketones is 1. The molecule has 0 spiro atoms. The van der Waals surface area contributed by atoms with Crippen LogP contribution in [0.3, 0.4) is 0 Å². The van der Waals surface area contributed by atoms with Gasteiger partial charge in [0.05, 0.1) is 24.5 Å². The molecule has 5 nitrogen and oxygen atoms in total. The van der Waals surface area contributed by atoms with E-state index in [4.69, 9.17) is 10.2 Å². The summed E-state index contributed by atoms with van der Waals surface area (Å²) >= 11 is 0. The van der Waals surface area contributed by atoms with Crippen molar-refractivity contribution in [2.45, 2.75) is 6.92 Å². The van der Waals surface area contributed by atoms with Gasteiger partial charge in [-0.3, -0.25) is 9.59 Å². The Morgan fingerprint density at radius 1 is 1.15 bits per heavy atom. The number of aliphatic hydroxyl groups excluding tert-OH is 2. The molecule has 0 aromatic heterocycles. The van der Waals surface area contributed by atoms with Crippen molar-refractivity contribution in [3.8, 4) is 0 Å². The Bertz CT molecular complexity index is 327. The highest BCUT2D eigenvalue weighted by Gasteiger charge is 2.26. The third-order valence-corrected chi connectivity index (χ3v) is 1.81. The van der Waals surface area contributed by atoms with Crippen LogP contribution in [0.5, 0.6) is 0 Å². The molecule has 13 heavy (non-hydrogen) atoms. The Hall–Kier alpha value is -1.33. The molecule has 0 fully saturated rings. The average Bonchev–Trinajstić information content (AvgIpc) is 2.10. The molecule has 1 heterocycles. The van der Waals surface area contributed by atoms with Gasteiger partial charge in [0, 0.05) is 5.57 Å². The van der Waals surface area contributed by atoms with Gasteiger partial charge in [-0.05, 0) is 6.92 Å². The van der Waals surface area contributed by atoms with Gasteiger partial charge in [0.15, 0.2) is 0 Å². The van der Waals surface area contributed by atoms with Gasteiger partial charge in [0.2, 0.25) is 5.78 Å². The van der Waals surface area contributed by atoms with Gasteiger partial charge in [-0.25, -0.2) is 4.99 Å². The number of dihydropyridines is 1. The van der Waals surface area contributed by atoms with Gasteiger partial charge in [0.25, 0.3) is 5.91 Å². The van der Waals surface area contributed by atoms with E-state index in [0.29, 0.717) is 0 Å². The van der Waals surface area contributed by atoms with Crippen molar-refractivity contribution in [3.05, 3.63) is 11.1 Å².